The quantitative estimate of drug-likeness (QED) is 0.818. The Hall–Kier alpha value is -1.88. The van der Waals surface area contributed by atoms with Crippen molar-refractivity contribution >= 4 is 17.5 Å². The summed E-state index contributed by atoms with van der Waals surface area (Å²) in [4.78, 5) is 19.1. The van der Waals surface area contributed by atoms with Crippen molar-refractivity contribution in [1.82, 2.24) is 15.0 Å². The van der Waals surface area contributed by atoms with Crippen molar-refractivity contribution in [3.05, 3.63) is 46.6 Å². The molecule has 1 aliphatic heterocycles. The molecule has 132 valence electrons. The predicted molar refractivity (Wildman–Crippen MR) is 94.4 cm³/mol. The molecular weight excluding hydrogens is 338 g/mol. The summed E-state index contributed by atoms with van der Waals surface area (Å²) >= 11 is 5.90. The standard InChI is InChI=1S/C19H22ClN3O2/c20-16-7-3-13(4-8-16)11-18(24)23-9-1-2-14(12-23)10-17-21-19(22-25-17)15-5-6-15/h3-4,7-8,14-15H,1-2,5-6,9-12H2. The first-order valence-electron chi connectivity index (χ1n) is 9.02. The molecule has 2 aromatic rings. The average Bonchev–Trinajstić information content (AvgIpc) is 3.37. The van der Waals surface area contributed by atoms with E-state index in [9.17, 15) is 4.79 Å². The van der Waals surface area contributed by atoms with E-state index in [1.165, 1.54) is 12.8 Å². The molecule has 1 saturated heterocycles. The highest BCUT2D eigenvalue weighted by atomic mass is 35.5. The summed E-state index contributed by atoms with van der Waals surface area (Å²) in [5.41, 5.74) is 1.00. The number of benzene rings is 1. The van der Waals surface area contributed by atoms with Gasteiger partial charge < -0.3 is 9.42 Å². The fourth-order valence-electron chi connectivity index (χ4n) is 3.45. The lowest BCUT2D eigenvalue weighted by Gasteiger charge is -2.32. The van der Waals surface area contributed by atoms with Crippen molar-refractivity contribution in [3.63, 3.8) is 0 Å². The molecule has 6 heteroatoms. The smallest absolute Gasteiger partial charge is 0.226 e. The maximum atomic E-state index is 12.6. The van der Waals surface area contributed by atoms with Crippen LogP contribution in [0.15, 0.2) is 28.8 Å². The van der Waals surface area contributed by atoms with Gasteiger partial charge >= 0.3 is 0 Å². The number of halogens is 1. The summed E-state index contributed by atoms with van der Waals surface area (Å²) in [6, 6.07) is 7.49. The predicted octanol–water partition coefficient (Wildman–Crippen LogP) is 3.62. The topological polar surface area (TPSA) is 59.2 Å². The number of hydrogen-bond acceptors (Lipinski definition) is 4. The van der Waals surface area contributed by atoms with E-state index in [0.717, 1.165) is 49.6 Å². The number of likely N-dealkylation sites (tertiary alicyclic amines) is 1. The molecule has 1 amide bonds. The number of piperidine rings is 1. The van der Waals surface area contributed by atoms with E-state index < -0.39 is 0 Å². The second-order valence-corrected chi connectivity index (χ2v) is 7.61. The zero-order valence-corrected chi connectivity index (χ0v) is 14.9. The number of hydrogen-bond donors (Lipinski definition) is 0. The lowest BCUT2D eigenvalue weighted by molar-refractivity contribution is -0.132. The van der Waals surface area contributed by atoms with Crippen molar-refractivity contribution < 1.29 is 9.32 Å². The van der Waals surface area contributed by atoms with Crippen LogP contribution in [0.2, 0.25) is 5.02 Å². The molecule has 4 rings (SSSR count). The first-order chi connectivity index (χ1) is 12.2. The molecule has 2 heterocycles. The summed E-state index contributed by atoms with van der Waals surface area (Å²) in [5.74, 6) is 2.67. The van der Waals surface area contributed by atoms with Crippen LogP contribution in [0.4, 0.5) is 0 Å². The van der Waals surface area contributed by atoms with E-state index in [0.29, 0.717) is 23.3 Å². The van der Waals surface area contributed by atoms with Crippen molar-refractivity contribution in [1.29, 1.82) is 0 Å². The Bertz CT molecular complexity index is 739. The Morgan fingerprint density at radius 2 is 2.04 bits per heavy atom. The van der Waals surface area contributed by atoms with Gasteiger partial charge in [0.25, 0.3) is 0 Å². The Balaban J connectivity index is 1.33. The van der Waals surface area contributed by atoms with Gasteiger partial charge in [0.2, 0.25) is 11.8 Å². The largest absolute Gasteiger partial charge is 0.342 e. The van der Waals surface area contributed by atoms with Gasteiger partial charge in [0.05, 0.1) is 6.42 Å². The van der Waals surface area contributed by atoms with Gasteiger partial charge in [-0.2, -0.15) is 4.98 Å². The number of nitrogens with zero attached hydrogens (tertiary/aromatic N) is 3. The van der Waals surface area contributed by atoms with Crippen LogP contribution < -0.4 is 0 Å². The fourth-order valence-corrected chi connectivity index (χ4v) is 3.58. The Morgan fingerprint density at radius 1 is 1.24 bits per heavy atom. The van der Waals surface area contributed by atoms with Crippen molar-refractivity contribution in [3.8, 4) is 0 Å². The molecule has 2 fully saturated rings. The van der Waals surface area contributed by atoms with Crippen LogP contribution in [0.25, 0.3) is 0 Å². The maximum Gasteiger partial charge on any atom is 0.226 e. The Kier molecular flexibility index (Phi) is 4.75. The monoisotopic (exact) mass is 359 g/mol. The minimum atomic E-state index is 0.177. The van der Waals surface area contributed by atoms with Crippen LogP contribution in [-0.2, 0) is 17.6 Å². The van der Waals surface area contributed by atoms with E-state index >= 15 is 0 Å². The highest BCUT2D eigenvalue weighted by molar-refractivity contribution is 6.30. The molecule has 0 radical (unpaired) electrons. The SMILES string of the molecule is O=C(Cc1ccc(Cl)cc1)N1CCCC(Cc2nc(C3CC3)no2)C1. The summed E-state index contributed by atoms with van der Waals surface area (Å²) < 4.78 is 5.39. The molecule has 1 aromatic heterocycles. The zero-order chi connectivity index (χ0) is 17.2. The Labute approximate surface area is 152 Å². The first kappa shape index (κ1) is 16.6. The van der Waals surface area contributed by atoms with E-state index in [-0.39, 0.29) is 5.91 Å². The molecule has 1 saturated carbocycles. The molecular formula is C19H22ClN3O2. The third-order valence-electron chi connectivity index (χ3n) is 5.03. The van der Waals surface area contributed by atoms with E-state index in [1.807, 2.05) is 29.2 Å². The van der Waals surface area contributed by atoms with Crippen molar-refractivity contribution in [2.45, 2.75) is 44.4 Å². The van der Waals surface area contributed by atoms with Gasteiger partial charge in [-0.3, -0.25) is 4.79 Å². The molecule has 0 N–H and O–H groups in total. The van der Waals surface area contributed by atoms with Crippen LogP contribution in [-0.4, -0.2) is 34.0 Å². The van der Waals surface area contributed by atoms with Gasteiger partial charge in [0.15, 0.2) is 5.82 Å². The summed E-state index contributed by atoms with van der Waals surface area (Å²) in [6.45, 7) is 1.60. The van der Waals surface area contributed by atoms with Crippen LogP contribution in [0.3, 0.4) is 0 Å². The van der Waals surface area contributed by atoms with Gasteiger partial charge in [-0.15, -0.1) is 0 Å². The minimum absolute atomic E-state index is 0.177. The molecule has 2 aliphatic rings. The van der Waals surface area contributed by atoms with E-state index in [1.54, 1.807) is 0 Å². The van der Waals surface area contributed by atoms with Gasteiger partial charge in [0, 0.05) is 30.5 Å². The van der Waals surface area contributed by atoms with Crippen LogP contribution in [0.5, 0.6) is 0 Å². The second-order valence-electron chi connectivity index (χ2n) is 7.18. The van der Waals surface area contributed by atoms with Crippen LogP contribution in [0, 0.1) is 5.92 Å². The van der Waals surface area contributed by atoms with Crippen LogP contribution >= 0.6 is 11.6 Å². The molecule has 0 spiro atoms. The number of amides is 1. The van der Waals surface area contributed by atoms with Crippen molar-refractivity contribution in [2.75, 3.05) is 13.1 Å². The molecule has 1 aromatic carbocycles. The zero-order valence-electron chi connectivity index (χ0n) is 14.2. The molecule has 1 unspecified atom stereocenters. The summed E-state index contributed by atoms with van der Waals surface area (Å²) in [6.07, 6.45) is 5.68. The van der Waals surface area contributed by atoms with Crippen LogP contribution in [0.1, 0.15) is 48.9 Å². The number of carbonyl (C=O) groups is 1. The second kappa shape index (κ2) is 7.16. The lowest BCUT2D eigenvalue weighted by Crippen LogP contribution is -2.41. The maximum absolute atomic E-state index is 12.6. The third kappa shape index (κ3) is 4.21. The number of aromatic nitrogens is 2. The average molecular weight is 360 g/mol. The highest BCUT2D eigenvalue weighted by Crippen LogP contribution is 2.38. The number of rotatable bonds is 5. The molecule has 1 atom stereocenters. The number of carbonyl (C=O) groups excluding carboxylic acids is 1. The lowest BCUT2D eigenvalue weighted by atomic mass is 9.94. The molecule has 0 bridgehead atoms. The highest BCUT2D eigenvalue weighted by Gasteiger charge is 2.30. The summed E-state index contributed by atoms with van der Waals surface area (Å²) in [5, 5.41) is 4.78. The van der Waals surface area contributed by atoms with Crippen molar-refractivity contribution in [2.24, 2.45) is 5.92 Å². The first-order valence-corrected chi connectivity index (χ1v) is 9.40. The normalized spacial score (nSPS) is 20.7. The Morgan fingerprint density at radius 3 is 2.80 bits per heavy atom. The van der Waals surface area contributed by atoms with Gasteiger partial charge in [-0.05, 0) is 49.3 Å². The molecule has 5 nitrogen and oxygen atoms in total. The minimum Gasteiger partial charge on any atom is -0.342 e. The summed E-state index contributed by atoms with van der Waals surface area (Å²) in [7, 11) is 0. The molecule has 25 heavy (non-hydrogen) atoms. The van der Waals surface area contributed by atoms with Gasteiger partial charge in [0.1, 0.15) is 0 Å². The van der Waals surface area contributed by atoms with E-state index in [2.05, 4.69) is 10.1 Å². The van der Waals surface area contributed by atoms with Gasteiger partial charge in [-0.25, -0.2) is 0 Å². The van der Waals surface area contributed by atoms with E-state index in [4.69, 9.17) is 16.1 Å². The van der Waals surface area contributed by atoms with Gasteiger partial charge in [-0.1, -0.05) is 28.9 Å². The third-order valence-corrected chi connectivity index (χ3v) is 5.28. The molecule has 1 aliphatic carbocycles. The fraction of sp³-hybridized carbons (Fsp3) is 0.526.